The van der Waals surface area contributed by atoms with Gasteiger partial charge < -0.3 is 15.9 Å². The van der Waals surface area contributed by atoms with Gasteiger partial charge >= 0.3 is 0 Å². The van der Waals surface area contributed by atoms with Crippen LogP contribution in [0.25, 0.3) is 0 Å². The predicted molar refractivity (Wildman–Crippen MR) is 51.5 cm³/mol. The summed E-state index contributed by atoms with van der Waals surface area (Å²) in [6, 6.07) is 4.39. The van der Waals surface area contributed by atoms with Gasteiger partial charge in [0, 0.05) is 6.04 Å². The minimum Gasteiger partial charge on any atom is -0.504 e. The zero-order valence-corrected chi connectivity index (χ0v) is 7.27. The van der Waals surface area contributed by atoms with Crippen molar-refractivity contribution in [2.24, 2.45) is 5.73 Å². The zero-order chi connectivity index (χ0) is 9.84. The largest absolute Gasteiger partial charge is 0.504 e. The minimum atomic E-state index is -0.177. The van der Waals surface area contributed by atoms with E-state index >= 15 is 0 Å². The summed E-state index contributed by atoms with van der Waals surface area (Å²) in [7, 11) is 0. The van der Waals surface area contributed by atoms with Crippen LogP contribution in [0.1, 0.15) is 18.0 Å². The molecule has 0 radical (unpaired) electrons. The van der Waals surface area contributed by atoms with Crippen molar-refractivity contribution < 1.29 is 10.2 Å². The molecule has 1 aromatic rings. The van der Waals surface area contributed by atoms with E-state index in [1.54, 1.807) is 12.1 Å². The Balaban J connectivity index is 2.89. The first-order valence-corrected chi connectivity index (χ1v) is 4.03. The molecule has 0 aromatic heterocycles. The fourth-order valence-corrected chi connectivity index (χ4v) is 1.09. The van der Waals surface area contributed by atoms with Crippen LogP contribution < -0.4 is 5.73 Å². The zero-order valence-electron chi connectivity index (χ0n) is 7.27. The summed E-state index contributed by atoms with van der Waals surface area (Å²) in [5.41, 5.74) is 6.55. The summed E-state index contributed by atoms with van der Waals surface area (Å²) in [5.74, 6) is -0.272. The molecular formula is C10H13NO2. The molecule has 0 amide bonds. The molecule has 0 spiro atoms. The Hall–Kier alpha value is -1.48. The van der Waals surface area contributed by atoms with E-state index in [-0.39, 0.29) is 17.5 Å². The Labute approximate surface area is 77.1 Å². The average molecular weight is 179 g/mol. The average Bonchev–Trinajstić information content (AvgIpc) is 2.10. The Morgan fingerprint density at radius 1 is 1.38 bits per heavy atom. The quantitative estimate of drug-likeness (QED) is 0.488. The number of nitrogens with two attached hydrogens (primary N) is 1. The predicted octanol–water partition coefficient (Wildman–Crippen LogP) is 1.67. The summed E-state index contributed by atoms with van der Waals surface area (Å²) in [5, 5.41) is 18.2. The normalized spacial score (nSPS) is 12.4. The van der Waals surface area contributed by atoms with Crippen molar-refractivity contribution in [3.63, 3.8) is 0 Å². The van der Waals surface area contributed by atoms with Crippen molar-refractivity contribution >= 4 is 0 Å². The first-order valence-electron chi connectivity index (χ1n) is 4.03. The summed E-state index contributed by atoms with van der Waals surface area (Å²) in [4.78, 5) is 0. The number of benzene rings is 1. The molecule has 0 saturated carbocycles. The molecule has 0 fully saturated rings. The SMILES string of the molecule is C=CCC(N)c1ccc(O)c(O)c1. The molecule has 0 aliphatic heterocycles. The minimum absolute atomic E-state index is 0.130. The standard InChI is InChI=1S/C10H13NO2/c1-2-3-8(11)7-4-5-9(12)10(13)6-7/h2,4-6,8,12-13H,1,3,11H2. The molecule has 0 aliphatic carbocycles. The molecule has 1 atom stereocenters. The maximum absolute atomic E-state index is 9.19. The maximum Gasteiger partial charge on any atom is 0.157 e. The van der Waals surface area contributed by atoms with E-state index in [9.17, 15) is 5.11 Å². The van der Waals surface area contributed by atoms with Crippen molar-refractivity contribution in [1.82, 2.24) is 0 Å². The van der Waals surface area contributed by atoms with E-state index < -0.39 is 0 Å². The maximum atomic E-state index is 9.19. The molecule has 1 aromatic carbocycles. The molecule has 1 rings (SSSR count). The Morgan fingerprint density at radius 3 is 2.62 bits per heavy atom. The molecule has 70 valence electrons. The van der Waals surface area contributed by atoms with Crippen molar-refractivity contribution in [1.29, 1.82) is 0 Å². The molecule has 0 heterocycles. The van der Waals surface area contributed by atoms with E-state index in [0.29, 0.717) is 6.42 Å². The first kappa shape index (κ1) is 9.61. The number of aromatic hydroxyl groups is 2. The van der Waals surface area contributed by atoms with Crippen LogP contribution in [0.3, 0.4) is 0 Å². The van der Waals surface area contributed by atoms with Gasteiger partial charge in [0.05, 0.1) is 0 Å². The second kappa shape index (κ2) is 3.96. The molecule has 3 nitrogen and oxygen atoms in total. The number of phenolic OH excluding ortho intramolecular Hbond substituents is 2. The van der Waals surface area contributed by atoms with Crippen LogP contribution in [0.15, 0.2) is 30.9 Å². The number of rotatable bonds is 3. The third-order valence-corrected chi connectivity index (χ3v) is 1.85. The van der Waals surface area contributed by atoms with Crippen molar-refractivity contribution in [3.05, 3.63) is 36.4 Å². The Bertz CT molecular complexity index is 310. The van der Waals surface area contributed by atoms with Gasteiger partial charge in [0.2, 0.25) is 0 Å². The van der Waals surface area contributed by atoms with Crippen LogP contribution in [-0.2, 0) is 0 Å². The lowest BCUT2D eigenvalue weighted by Crippen LogP contribution is -2.08. The third-order valence-electron chi connectivity index (χ3n) is 1.85. The molecule has 0 aliphatic rings. The van der Waals surface area contributed by atoms with E-state index in [2.05, 4.69) is 6.58 Å². The van der Waals surface area contributed by atoms with Crippen LogP contribution in [0, 0.1) is 0 Å². The van der Waals surface area contributed by atoms with Gasteiger partial charge in [0.25, 0.3) is 0 Å². The highest BCUT2D eigenvalue weighted by molar-refractivity contribution is 5.41. The van der Waals surface area contributed by atoms with E-state index in [4.69, 9.17) is 10.8 Å². The highest BCUT2D eigenvalue weighted by Crippen LogP contribution is 2.27. The van der Waals surface area contributed by atoms with E-state index in [1.165, 1.54) is 12.1 Å². The van der Waals surface area contributed by atoms with Crippen LogP contribution in [-0.4, -0.2) is 10.2 Å². The van der Waals surface area contributed by atoms with Crippen LogP contribution in [0.4, 0.5) is 0 Å². The molecular weight excluding hydrogens is 166 g/mol. The van der Waals surface area contributed by atoms with Crippen molar-refractivity contribution in [3.8, 4) is 11.5 Å². The second-order valence-corrected chi connectivity index (χ2v) is 2.88. The topological polar surface area (TPSA) is 66.5 Å². The highest BCUT2D eigenvalue weighted by Gasteiger charge is 2.06. The lowest BCUT2D eigenvalue weighted by atomic mass is 10.0. The number of hydrogen-bond acceptors (Lipinski definition) is 3. The number of phenols is 2. The van der Waals surface area contributed by atoms with Gasteiger partial charge in [-0.2, -0.15) is 0 Å². The first-order chi connectivity index (χ1) is 6.15. The molecule has 0 bridgehead atoms. The molecule has 4 N–H and O–H groups in total. The summed E-state index contributed by atoms with van der Waals surface area (Å²) in [6.07, 6.45) is 2.36. The fraction of sp³-hybridized carbons (Fsp3) is 0.200. The van der Waals surface area contributed by atoms with Crippen LogP contribution in [0.2, 0.25) is 0 Å². The second-order valence-electron chi connectivity index (χ2n) is 2.88. The van der Waals surface area contributed by atoms with Crippen molar-refractivity contribution in [2.45, 2.75) is 12.5 Å². The van der Waals surface area contributed by atoms with E-state index in [0.717, 1.165) is 5.56 Å². The molecule has 3 heteroatoms. The lowest BCUT2D eigenvalue weighted by molar-refractivity contribution is 0.402. The molecule has 13 heavy (non-hydrogen) atoms. The Kier molecular flexibility index (Phi) is 2.93. The van der Waals surface area contributed by atoms with Gasteiger partial charge in [-0.25, -0.2) is 0 Å². The fourth-order valence-electron chi connectivity index (χ4n) is 1.09. The van der Waals surface area contributed by atoms with Gasteiger partial charge in [0.15, 0.2) is 11.5 Å². The highest BCUT2D eigenvalue weighted by atomic mass is 16.3. The molecule has 0 saturated heterocycles. The monoisotopic (exact) mass is 179 g/mol. The van der Waals surface area contributed by atoms with Gasteiger partial charge in [-0.15, -0.1) is 6.58 Å². The van der Waals surface area contributed by atoms with Gasteiger partial charge in [-0.1, -0.05) is 12.1 Å². The van der Waals surface area contributed by atoms with E-state index in [1.807, 2.05) is 0 Å². The smallest absolute Gasteiger partial charge is 0.157 e. The van der Waals surface area contributed by atoms with Crippen molar-refractivity contribution in [2.75, 3.05) is 0 Å². The van der Waals surface area contributed by atoms with Gasteiger partial charge in [-0.05, 0) is 24.1 Å². The van der Waals surface area contributed by atoms with Crippen LogP contribution >= 0.6 is 0 Å². The van der Waals surface area contributed by atoms with Gasteiger partial charge in [-0.3, -0.25) is 0 Å². The third kappa shape index (κ3) is 2.23. The lowest BCUT2D eigenvalue weighted by Gasteiger charge is -2.09. The summed E-state index contributed by atoms with van der Waals surface area (Å²) >= 11 is 0. The summed E-state index contributed by atoms with van der Waals surface area (Å²) < 4.78 is 0. The van der Waals surface area contributed by atoms with Crippen LogP contribution in [0.5, 0.6) is 11.5 Å². The van der Waals surface area contributed by atoms with Gasteiger partial charge in [0.1, 0.15) is 0 Å². The summed E-state index contributed by atoms with van der Waals surface area (Å²) in [6.45, 7) is 3.57. The number of hydrogen-bond donors (Lipinski definition) is 3. The Morgan fingerprint density at radius 2 is 2.08 bits per heavy atom. The molecule has 1 unspecified atom stereocenters.